The van der Waals surface area contributed by atoms with E-state index in [4.69, 9.17) is 15.0 Å². The van der Waals surface area contributed by atoms with Crippen LogP contribution in [-0.2, 0) is 0 Å². The molecule has 0 bridgehead atoms. The first kappa shape index (κ1) is 42.4. The Balaban J connectivity index is 0.922. The zero-order chi connectivity index (χ0) is 49.4. The highest BCUT2D eigenvalue weighted by atomic mass is 15.0. The van der Waals surface area contributed by atoms with E-state index in [1.165, 1.54) is 43.6 Å². The molecule has 8 nitrogen and oxygen atoms in total. The molecule has 6 heterocycles. The van der Waals surface area contributed by atoms with E-state index < -0.39 is 0 Å². The molecule has 0 aliphatic rings. The molecule has 75 heavy (non-hydrogen) atoms. The molecule has 8 heteroatoms. The van der Waals surface area contributed by atoms with Gasteiger partial charge >= 0.3 is 0 Å². The predicted molar refractivity (Wildman–Crippen MR) is 306 cm³/mol. The van der Waals surface area contributed by atoms with Gasteiger partial charge in [-0.15, -0.1) is 0 Å². The third-order valence-corrected chi connectivity index (χ3v) is 14.6. The summed E-state index contributed by atoms with van der Waals surface area (Å²) in [5.41, 5.74) is 17.3. The fourth-order valence-corrected chi connectivity index (χ4v) is 11.2. The van der Waals surface area contributed by atoms with Crippen LogP contribution in [0.3, 0.4) is 0 Å². The molecule has 0 fully saturated rings. The Hall–Kier alpha value is -10.3. The minimum absolute atomic E-state index is 0.542. The van der Waals surface area contributed by atoms with Gasteiger partial charge < -0.3 is 13.7 Å². The second-order valence-corrected chi connectivity index (χ2v) is 19.0. The molecule has 9 aromatic carbocycles. The summed E-state index contributed by atoms with van der Waals surface area (Å²) in [7, 11) is 0. The molecule has 15 aromatic rings. The maximum atomic E-state index is 5.06. The van der Waals surface area contributed by atoms with Crippen molar-refractivity contribution in [1.29, 1.82) is 0 Å². The van der Waals surface area contributed by atoms with E-state index in [1.54, 1.807) is 24.8 Å². The molecule has 0 unspecified atom stereocenters. The minimum Gasteiger partial charge on any atom is -0.309 e. The monoisotopic (exact) mass is 958 g/mol. The van der Waals surface area contributed by atoms with Crippen molar-refractivity contribution < 1.29 is 0 Å². The molecule has 0 amide bonds. The highest BCUT2D eigenvalue weighted by Gasteiger charge is 2.20. The molecule has 6 aromatic heterocycles. The van der Waals surface area contributed by atoms with Gasteiger partial charge in [0.1, 0.15) is 0 Å². The van der Waals surface area contributed by atoms with Crippen LogP contribution in [-0.4, -0.2) is 38.6 Å². The first-order valence-electron chi connectivity index (χ1n) is 25.1. The number of benzene rings is 9. The fourth-order valence-electron chi connectivity index (χ4n) is 11.2. The van der Waals surface area contributed by atoms with E-state index in [0.29, 0.717) is 17.5 Å². The van der Waals surface area contributed by atoms with Crippen LogP contribution >= 0.6 is 0 Å². The summed E-state index contributed by atoms with van der Waals surface area (Å²) >= 11 is 0. The molecule has 0 N–H and O–H groups in total. The third kappa shape index (κ3) is 7.03. The van der Waals surface area contributed by atoms with Gasteiger partial charge in [-0.2, -0.15) is 0 Å². The van der Waals surface area contributed by atoms with Gasteiger partial charge in [0.05, 0.1) is 33.1 Å². The standard InChI is InChI=1S/C67H42N8/c1-3-17-50(18-4-1)73-59-24-9-7-22-53(59)55-37-43(26-30-61(55)73)45-28-32-63-57(39-45)58-40-46(44-27-31-62-56(38-44)54-23-8-10-25-60(54)74(62)51-19-5-2-6-20-51)29-33-64(58)75(63)52-21-11-14-47(36-52)65-70-66(48-15-12-34-68-41-48)72-67(71-65)49-16-13-35-69-42-49/h1-42H. The van der Waals surface area contributed by atoms with Gasteiger partial charge in [-0.3, -0.25) is 9.97 Å². The number of pyridine rings is 2. The van der Waals surface area contributed by atoms with Crippen LogP contribution in [0.25, 0.3) is 139 Å². The van der Waals surface area contributed by atoms with Gasteiger partial charge in [-0.25, -0.2) is 15.0 Å². The van der Waals surface area contributed by atoms with Crippen LogP contribution in [0.1, 0.15) is 0 Å². The van der Waals surface area contributed by atoms with Crippen LogP contribution in [0, 0.1) is 0 Å². The molecule has 0 saturated heterocycles. The summed E-state index contributed by atoms with van der Waals surface area (Å²) in [6, 6.07) is 82.6. The van der Waals surface area contributed by atoms with Crippen LogP contribution in [0.4, 0.5) is 0 Å². The zero-order valence-electron chi connectivity index (χ0n) is 40.3. The molecular formula is C67H42N8. The highest BCUT2D eigenvalue weighted by molar-refractivity contribution is 6.14. The molecule has 15 rings (SSSR count). The molecule has 0 spiro atoms. The third-order valence-electron chi connectivity index (χ3n) is 14.6. The van der Waals surface area contributed by atoms with Crippen molar-refractivity contribution in [2.45, 2.75) is 0 Å². The number of para-hydroxylation sites is 4. The molecular weight excluding hydrogens is 917 g/mol. The van der Waals surface area contributed by atoms with Crippen LogP contribution in [0.15, 0.2) is 255 Å². The summed E-state index contributed by atoms with van der Waals surface area (Å²) in [6.45, 7) is 0. The topological polar surface area (TPSA) is 79.2 Å². The first-order chi connectivity index (χ1) is 37.2. The molecule has 0 aliphatic heterocycles. The average Bonchev–Trinajstić information content (AvgIpc) is 4.18. The summed E-state index contributed by atoms with van der Waals surface area (Å²) < 4.78 is 7.11. The van der Waals surface area contributed by atoms with Crippen LogP contribution in [0.2, 0.25) is 0 Å². The summed E-state index contributed by atoms with van der Waals surface area (Å²) in [6.07, 6.45) is 7.07. The lowest BCUT2D eigenvalue weighted by Gasteiger charge is -2.12. The van der Waals surface area contributed by atoms with Crippen molar-refractivity contribution in [3.8, 4) is 73.5 Å². The smallest absolute Gasteiger partial charge is 0.165 e. The van der Waals surface area contributed by atoms with Gasteiger partial charge in [0.25, 0.3) is 0 Å². The quantitative estimate of drug-likeness (QED) is 0.152. The second-order valence-electron chi connectivity index (χ2n) is 19.0. The number of hydrogen-bond acceptors (Lipinski definition) is 5. The maximum absolute atomic E-state index is 5.06. The summed E-state index contributed by atoms with van der Waals surface area (Å²) in [5, 5.41) is 7.19. The summed E-state index contributed by atoms with van der Waals surface area (Å²) in [5.74, 6) is 1.64. The summed E-state index contributed by atoms with van der Waals surface area (Å²) in [4.78, 5) is 23.8. The lowest BCUT2D eigenvalue weighted by molar-refractivity contribution is 1.06. The Labute approximate surface area is 430 Å². The van der Waals surface area contributed by atoms with Gasteiger partial charge in [-0.1, -0.05) is 109 Å². The molecule has 0 aliphatic carbocycles. The van der Waals surface area contributed by atoms with Gasteiger partial charge in [0.2, 0.25) is 0 Å². The predicted octanol–water partition coefficient (Wildman–Crippen LogP) is 16.3. The lowest BCUT2D eigenvalue weighted by Crippen LogP contribution is -2.01. The van der Waals surface area contributed by atoms with E-state index in [0.717, 1.165) is 77.8 Å². The lowest BCUT2D eigenvalue weighted by atomic mass is 9.98. The van der Waals surface area contributed by atoms with Gasteiger partial charge in [0.15, 0.2) is 17.5 Å². The second kappa shape index (κ2) is 17.2. The van der Waals surface area contributed by atoms with Crippen LogP contribution < -0.4 is 0 Å². The fraction of sp³-hybridized carbons (Fsp3) is 0. The first-order valence-corrected chi connectivity index (χ1v) is 25.1. The van der Waals surface area contributed by atoms with E-state index in [2.05, 4.69) is 230 Å². The van der Waals surface area contributed by atoms with Gasteiger partial charge in [0, 0.05) is 90.9 Å². The van der Waals surface area contributed by atoms with E-state index in [1.807, 2.05) is 24.3 Å². The van der Waals surface area contributed by atoms with Crippen molar-refractivity contribution in [3.05, 3.63) is 255 Å². The Bertz CT molecular complexity index is 4420. The molecule has 0 saturated carbocycles. The van der Waals surface area contributed by atoms with E-state index >= 15 is 0 Å². The van der Waals surface area contributed by atoms with Gasteiger partial charge in [-0.05, 0) is 144 Å². The molecule has 0 atom stereocenters. The van der Waals surface area contributed by atoms with E-state index in [-0.39, 0.29) is 0 Å². The van der Waals surface area contributed by atoms with Crippen molar-refractivity contribution in [2.75, 3.05) is 0 Å². The normalized spacial score (nSPS) is 11.7. The average molecular weight is 959 g/mol. The Morgan fingerprint density at radius 1 is 0.227 bits per heavy atom. The molecule has 0 radical (unpaired) electrons. The minimum atomic E-state index is 0.542. The Morgan fingerprint density at radius 2 is 0.573 bits per heavy atom. The van der Waals surface area contributed by atoms with Crippen LogP contribution in [0.5, 0.6) is 0 Å². The van der Waals surface area contributed by atoms with Crippen molar-refractivity contribution in [1.82, 2.24) is 38.6 Å². The van der Waals surface area contributed by atoms with E-state index in [9.17, 15) is 0 Å². The Kier molecular flexibility index (Phi) is 9.71. The largest absolute Gasteiger partial charge is 0.309 e. The number of nitrogens with zero attached hydrogens (tertiary/aromatic N) is 8. The number of fused-ring (bicyclic) bond motifs is 9. The van der Waals surface area contributed by atoms with Crippen molar-refractivity contribution >= 4 is 65.4 Å². The number of aromatic nitrogens is 8. The highest BCUT2D eigenvalue weighted by Crippen LogP contribution is 2.41. The van der Waals surface area contributed by atoms with Crippen molar-refractivity contribution in [2.24, 2.45) is 0 Å². The number of rotatable bonds is 8. The molecule has 350 valence electrons. The SMILES string of the molecule is c1ccc(-n2c3ccccc3c3cc(-c4ccc5c(c4)c4cc(-c6ccc7c(c6)c6ccccc6n7-c6ccccc6)ccc4n5-c4cccc(-c5nc(-c6cccnc6)nc(-c6cccnc6)n5)c4)ccc32)cc1. The Morgan fingerprint density at radius 3 is 1.00 bits per heavy atom. The van der Waals surface area contributed by atoms with Crippen molar-refractivity contribution in [3.63, 3.8) is 0 Å². The maximum Gasteiger partial charge on any atom is 0.165 e. The number of hydrogen-bond donors (Lipinski definition) is 0. The zero-order valence-corrected chi connectivity index (χ0v) is 40.3.